The third-order valence-corrected chi connectivity index (χ3v) is 2.65. The van der Waals surface area contributed by atoms with Crippen molar-refractivity contribution in [1.29, 1.82) is 0 Å². The Balaban J connectivity index is 1.88. The summed E-state index contributed by atoms with van der Waals surface area (Å²) in [6, 6.07) is 0. The van der Waals surface area contributed by atoms with Crippen LogP contribution in [-0.2, 0) is 0 Å². The molecular weight excluding hydrogens is 150 g/mol. The van der Waals surface area contributed by atoms with Gasteiger partial charge in [0.15, 0.2) is 0 Å². The Bertz CT molecular complexity index is 121. The first-order valence-corrected chi connectivity index (χ1v) is 5.20. The number of hydrogen-bond donors (Lipinski definition) is 2. The van der Waals surface area contributed by atoms with Crippen LogP contribution in [-0.4, -0.2) is 23.8 Å². The van der Waals surface area contributed by atoms with E-state index in [2.05, 4.69) is 12.2 Å². The van der Waals surface area contributed by atoms with Crippen LogP contribution in [0.15, 0.2) is 0 Å². The molecule has 0 amide bonds. The maximum absolute atomic E-state index is 9.70. The molecule has 1 heterocycles. The number of unbranched alkanes of at least 4 members (excludes halogenated alkanes) is 4. The molecule has 0 radical (unpaired) electrons. The Morgan fingerprint density at radius 1 is 1.17 bits per heavy atom. The topological polar surface area (TPSA) is 32.3 Å². The van der Waals surface area contributed by atoms with Gasteiger partial charge in [-0.2, -0.15) is 0 Å². The summed E-state index contributed by atoms with van der Waals surface area (Å²) < 4.78 is 0. The van der Waals surface area contributed by atoms with E-state index in [0.29, 0.717) is 0 Å². The summed E-state index contributed by atoms with van der Waals surface area (Å²) in [6.07, 6.45) is 7.44. The molecule has 0 atom stereocenters. The molecule has 0 saturated carbocycles. The lowest BCUT2D eigenvalue weighted by atomic mass is 9.90. The lowest BCUT2D eigenvalue weighted by Crippen LogP contribution is -2.59. The first-order valence-electron chi connectivity index (χ1n) is 5.20. The number of β-amino-alcohol motifs (C(OH)–C–C–N with tert-alkyl or cyclic N) is 1. The highest BCUT2D eigenvalue weighted by atomic mass is 16.3. The summed E-state index contributed by atoms with van der Waals surface area (Å²) in [4.78, 5) is 0. The molecule has 0 aliphatic carbocycles. The Morgan fingerprint density at radius 3 is 2.33 bits per heavy atom. The molecule has 0 aromatic rings. The van der Waals surface area contributed by atoms with Crippen molar-refractivity contribution in [3.05, 3.63) is 0 Å². The van der Waals surface area contributed by atoms with Crippen molar-refractivity contribution in [2.24, 2.45) is 0 Å². The fourth-order valence-corrected chi connectivity index (χ4v) is 1.65. The third-order valence-electron chi connectivity index (χ3n) is 2.65. The van der Waals surface area contributed by atoms with Crippen LogP contribution < -0.4 is 5.32 Å². The average molecular weight is 171 g/mol. The number of rotatable bonds is 6. The standard InChI is InChI=1S/C10H21NO/c1-2-3-4-5-6-7-10(12)8-11-9-10/h11-12H,2-9H2,1H3. The SMILES string of the molecule is CCCCCCCC1(O)CNC1. The summed E-state index contributed by atoms with van der Waals surface area (Å²) in [5.74, 6) is 0. The molecule has 1 fully saturated rings. The second kappa shape index (κ2) is 4.83. The van der Waals surface area contributed by atoms with E-state index in [0.717, 1.165) is 19.5 Å². The van der Waals surface area contributed by atoms with E-state index in [4.69, 9.17) is 0 Å². The van der Waals surface area contributed by atoms with Gasteiger partial charge in [-0.1, -0.05) is 39.0 Å². The average Bonchev–Trinajstić information content (AvgIpc) is 2.01. The van der Waals surface area contributed by atoms with Crippen LogP contribution in [0.25, 0.3) is 0 Å². The molecule has 2 nitrogen and oxygen atoms in total. The maximum atomic E-state index is 9.70. The second-order valence-electron chi connectivity index (χ2n) is 3.99. The van der Waals surface area contributed by atoms with Crippen LogP contribution in [0.2, 0.25) is 0 Å². The van der Waals surface area contributed by atoms with E-state index in [1.807, 2.05) is 0 Å². The van der Waals surface area contributed by atoms with Crippen LogP contribution in [0.4, 0.5) is 0 Å². The zero-order valence-corrected chi connectivity index (χ0v) is 8.10. The molecule has 1 rings (SSSR count). The molecule has 2 heteroatoms. The van der Waals surface area contributed by atoms with Crippen LogP contribution >= 0.6 is 0 Å². The van der Waals surface area contributed by atoms with E-state index in [1.165, 1.54) is 32.1 Å². The van der Waals surface area contributed by atoms with Gasteiger partial charge in [0.2, 0.25) is 0 Å². The Hall–Kier alpha value is -0.0800. The minimum Gasteiger partial charge on any atom is -0.387 e. The van der Waals surface area contributed by atoms with Crippen LogP contribution in [0, 0.1) is 0 Å². The van der Waals surface area contributed by atoms with E-state index in [9.17, 15) is 5.11 Å². The fraction of sp³-hybridized carbons (Fsp3) is 1.00. The summed E-state index contributed by atoms with van der Waals surface area (Å²) in [5, 5.41) is 12.8. The van der Waals surface area contributed by atoms with Crippen molar-refractivity contribution in [2.45, 2.75) is 51.0 Å². The minimum absolute atomic E-state index is 0.341. The lowest BCUT2D eigenvalue weighted by molar-refractivity contribution is -0.0191. The van der Waals surface area contributed by atoms with Gasteiger partial charge in [-0.15, -0.1) is 0 Å². The molecule has 0 unspecified atom stereocenters. The molecule has 0 aromatic heterocycles. The number of hydrogen-bond acceptors (Lipinski definition) is 2. The third kappa shape index (κ3) is 3.11. The summed E-state index contributed by atoms with van der Waals surface area (Å²) >= 11 is 0. The summed E-state index contributed by atoms with van der Waals surface area (Å²) in [5.41, 5.74) is -0.341. The number of nitrogens with one attached hydrogen (secondary N) is 1. The highest BCUT2D eigenvalue weighted by Gasteiger charge is 2.32. The molecule has 0 spiro atoms. The van der Waals surface area contributed by atoms with E-state index in [-0.39, 0.29) is 5.60 Å². The van der Waals surface area contributed by atoms with Crippen LogP contribution in [0.1, 0.15) is 45.4 Å². The second-order valence-corrected chi connectivity index (χ2v) is 3.99. The molecule has 72 valence electrons. The van der Waals surface area contributed by atoms with Gasteiger partial charge < -0.3 is 10.4 Å². The minimum atomic E-state index is -0.341. The quantitative estimate of drug-likeness (QED) is 0.596. The maximum Gasteiger partial charge on any atom is 0.0895 e. The molecule has 2 N–H and O–H groups in total. The molecule has 0 bridgehead atoms. The Kier molecular flexibility index (Phi) is 4.02. The van der Waals surface area contributed by atoms with Gasteiger partial charge in [-0.3, -0.25) is 0 Å². The summed E-state index contributed by atoms with van der Waals surface area (Å²) in [6.45, 7) is 3.84. The van der Waals surface area contributed by atoms with Crippen molar-refractivity contribution in [3.63, 3.8) is 0 Å². The van der Waals surface area contributed by atoms with Gasteiger partial charge in [0.05, 0.1) is 5.60 Å². The van der Waals surface area contributed by atoms with Crippen molar-refractivity contribution in [3.8, 4) is 0 Å². The zero-order valence-electron chi connectivity index (χ0n) is 8.10. The number of aliphatic hydroxyl groups is 1. The molecule has 1 saturated heterocycles. The molecule has 12 heavy (non-hydrogen) atoms. The first-order chi connectivity index (χ1) is 5.77. The highest BCUT2D eigenvalue weighted by molar-refractivity contribution is 4.91. The van der Waals surface area contributed by atoms with Crippen molar-refractivity contribution >= 4 is 0 Å². The van der Waals surface area contributed by atoms with Gasteiger partial charge in [-0.25, -0.2) is 0 Å². The monoisotopic (exact) mass is 171 g/mol. The van der Waals surface area contributed by atoms with E-state index >= 15 is 0 Å². The van der Waals surface area contributed by atoms with Crippen molar-refractivity contribution in [1.82, 2.24) is 5.32 Å². The first kappa shape index (κ1) is 10.0. The molecule has 0 aromatic carbocycles. The zero-order chi connectivity index (χ0) is 8.86. The predicted molar refractivity (Wildman–Crippen MR) is 51.2 cm³/mol. The largest absolute Gasteiger partial charge is 0.387 e. The molecule has 1 aliphatic heterocycles. The van der Waals surface area contributed by atoms with Crippen LogP contribution in [0.3, 0.4) is 0 Å². The predicted octanol–water partition coefficient (Wildman–Crippen LogP) is 1.68. The Morgan fingerprint density at radius 2 is 1.83 bits per heavy atom. The fourth-order valence-electron chi connectivity index (χ4n) is 1.65. The van der Waals surface area contributed by atoms with Gasteiger partial charge in [0.25, 0.3) is 0 Å². The highest BCUT2D eigenvalue weighted by Crippen LogP contribution is 2.19. The molecular formula is C10H21NO. The van der Waals surface area contributed by atoms with Gasteiger partial charge >= 0.3 is 0 Å². The van der Waals surface area contributed by atoms with Crippen LogP contribution in [0.5, 0.6) is 0 Å². The normalized spacial score (nSPS) is 20.5. The van der Waals surface area contributed by atoms with E-state index in [1.54, 1.807) is 0 Å². The smallest absolute Gasteiger partial charge is 0.0895 e. The Labute approximate surface area is 75.4 Å². The van der Waals surface area contributed by atoms with Crippen molar-refractivity contribution in [2.75, 3.05) is 13.1 Å². The molecule has 1 aliphatic rings. The van der Waals surface area contributed by atoms with E-state index < -0.39 is 0 Å². The van der Waals surface area contributed by atoms with Crippen molar-refractivity contribution < 1.29 is 5.11 Å². The van der Waals surface area contributed by atoms with Gasteiger partial charge in [0.1, 0.15) is 0 Å². The summed E-state index contributed by atoms with van der Waals surface area (Å²) in [7, 11) is 0. The van der Waals surface area contributed by atoms with Gasteiger partial charge in [-0.05, 0) is 6.42 Å². The van der Waals surface area contributed by atoms with Gasteiger partial charge in [0, 0.05) is 13.1 Å². The lowest BCUT2D eigenvalue weighted by Gasteiger charge is -2.37.